The first-order valence-electron chi connectivity index (χ1n) is 12.4. The predicted molar refractivity (Wildman–Crippen MR) is 128 cm³/mol. The van der Waals surface area contributed by atoms with E-state index in [2.05, 4.69) is 11.6 Å². The molecule has 1 atom stereocenters. The van der Waals surface area contributed by atoms with Crippen LogP contribution in [-0.4, -0.2) is 50.8 Å². The number of likely N-dealkylation sites (tertiary alicyclic amines) is 1. The number of fused-ring (bicyclic) bond motifs is 1. The summed E-state index contributed by atoms with van der Waals surface area (Å²) in [6.07, 6.45) is 6.28. The van der Waals surface area contributed by atoms with E-state index in [9.17, 15) is 18.0 Å². The average Bonchev–Trinajstić information content (AvgIpc) is 3.13. The van der Waals surface area contributed by atoms with E-state index in [1.54, 1.807) is 23.1 Å². The summed E-state index contributed by atoms with van der Waals surface area (Å²) >= 11 is 0. The topological polar surface area (TPSA) is 86.8 Å². The van der Waals surface area contributed by atoms with Crippen molar-refractivity contribution < 1.29 is 18.0 Å². The predicted octanol–water partition coefficient (Wildman–Crippen LogP) is 3.33. The molecule has 1 aromatic carbocycles. The summed E-state index contributed by atoms with van der Waals surface area (Å²) in [5.74, 6) is 1.33. The van der Waals surface area contributed by atoms with Crippen LogP contribution >= 0.6 is 0 Å². The van der Waals surface area contributed by atoms with Gasteiger partial charge in [0.25, 0.3) is 0 Å². The van der Waals surface area contributed by atoms with Gasteiger partial charge in [0, 0.05) is 44.2 Å². The molecule has 0 spiro atoms. The van der Waals surface area contributed by atoms with Crippen LogP contribution < -0.4 is 9.62 Å². The number of rotatable bonds is 5. The van der Waals surface area contributed by atoms with Gasteiger partial charge in [0.15, 0.2) is 0 Å². The summed E-state index contributed by atoms with van der Waals surface area (Å²) < 4.78 is 28.6. The second kappa shape index (κ2) is 9.74. The molecule has 2 aliphatic heterocycles. The van der Waals surface area contributed by atoms with Crippen molar-refractivity contribution in [3.63, 3.8) is 0 Å². The van der Waals surface area contributed by atoms with Gasteiger partial charge in [0.05, 0.1) is 4.90 Å². The Labute approximate surface area is 198 Å². The zero-order chi connectivity index (χ0) is 23.8. The molecule has 2 amide bonds. The number of carbonyl (C=O) groups excluding carboxylic acids is 2. The van der Waals surface area contributed by atoms with E-state index in [-0.39, 0.29) is 28.7 Å². The monoisotopic (exact) mass is 475 g/mol. The highest BCUT2D eigenvalue weighted by Crippen LogP contribution is 2.34. The van der Waals surface area contributed by atoms with Crippen LogP contribution in [0.5, 0.6) is 0 Å². The van der Waals surface area contributed by atoms with E-state index in [1.165, 1.54) is 6.92 Å². The van der Waals surface area contributed by atoms with Crippen LogP contribution in [0.1, 0.15) is 64.9 Å². The first-order chi connectivity index (χ1) is 15.7. The summed E-state index contributed by atoms with van der Waals surface area (Å²) in [6, 6.07) is 5.07. The zero-order valence-electron chi connectivity index (χ0n) is 20.0. The van der Waals surface area contributed by atoms with Gasteiger partial charge in [-0.25, -0.2) is 13.1 Å². The molecular weight excluding hydrogens is 438 g/mol. The van der Waals surface area contributed by atoms with Gasteiger partial charge in [0.1, 0.15) is 0 Å². The summed E-state index contributed by atoms with van der Waals surface area (Å²) in [5, 5.41) is 0. The Morgan fingerprint density at radius 3 is 2.33 bits per heavy atom. The second-order valence-electron chi connectivity index (χ2n) is 10.3. The molecule has 1 aliphatic carbocycles. The van der Waals surface area contributed by atoms with Crippen molar-refractivity contribution in [1.29, 1.82) is 0 Å². The Morgan fingerprint density at radius 1 is 1.03 bits per heavy atom. The number of benzene rings is 1. The fraction of sp³-hybridized carbons (Fsp3) is 0.680. The SMILES string of the molecule is CC(=O)N1c2ccc(S(=O)(=O)NCC3CCC(C(=O)N4CCC(C)CC4)CC3)cc2C[C@H]1C. The molecule has 1 saturated carbocycles. The van der Waals surface area contributed by atoms with Crippen LogP contribution in [0.4, 0.5) is 5.69 Å². The van der Waals surface area contributed by atoms with Crippen molar-refractivity contribution in [2.45, 2.75) is 76.7 Å². The van der Waals surface area contributed by atoms with Crippen molar-refractivity contribution in [2.75, 3.05) is 24.5 Å². The van der Waals surface area contributed by atoms with Crippen molar-refractivity contribution in [1.82, 2.24) is 9.62 Å². The third-order valence-corrected chi connectivity index (χ3v) is 9.19. The van der Waals surface area contributed by atoms with Gasteiger partial charge in [-0.2, -0.15) is 0 Å². The van der Waals surface area contributed by atoms with E-state index in [1.807, 2.05) is 11.8 Å². The third kappa shape index (κ3) is 5.27. The molecule has 8 heteroatoms. The van der Waals surface area contributed by atoms with E-state index in [4.69, 9.17) is 0 Å². The Balaban J connectivity index is 1.30. The Kier molecular flexibility index (Phi) is 7.15. The van der Waals surface area contributed by atoms with Gasteiger partial charge in [-0.05, 0) is 87.5 Å². The van der Waals surface area contributed by atoms with Gasteiger partial charge >= 0.3 is 0 Å². The Morgan fingerprint density at radius 2 is 1.70 bits per heavy atom. The molecule has 0 radical (unpaired) electrons. The lowest BCUT2D eigenvalue weighted by molar-refractivity contribution is -0.138. The van der Waals surface area contributed by atoms with Crippen LogP contribution in [-0.2, 0) is 26.0 Å². The molecule has 1 N–H and O–H groups in total. The second-order valence-corrected chi connectivity index (χ2v) is 12.1. The molecule has 2 heterocycles. The summed E-state index contributed by atoms with van der Waals surface area (Å²) in [6.45, 7) is 7.91. The van der Waals surface area contributed by atoms with Gasteiger partial charge < -0.3 is 9.80 Å². The molecule has 2 fully saturated rings. The number of nitrogens with one attached hydrogen (secondary N) is 1. The highest BCUT2D eigenvalue weighted by Gasteiger charge is 2.32. The molecule has 33 heavy (non-hydrogen) atoms. The molecular formula is C25H37N3O4S. The molecule has 1 saturated heterocycles. The quantitative estimate of drug-likeness (QED) is 0.708. The van der Waals surface area contributed by atoms with Gasteiger partial charge in [0.2, 0.25) is 21.8 Å². The molecule has 0 unspecified atom stereocenters. The number of sulfonamides is 1. The molecule has 7 nitrogen and oxygen atoms in total. The Bertz CT molecular complexity index is 993. The molecule has 0 bridgehead atoms. The number of hydrogen-bond acceptors (Lipinski definition) is 4. The molecule has 1 aromatic rings. The summed E-state index contributed by atoms with van der Waals surface area (Å²) in [7, 11) is -3.62. The summed E-state index contributed by atoms with van der Waals surface area (Å²) in [4.78, 5) is 28.8. The van der Waals surface area contributed by atoms with Crippen molar-refractivity contribution in [2.24, 2.45) is 17.8 Å². The van der Waals surface area contributed by atoms with Crippen molar-refractivity contribution in [3.8, 4) is 0 Å². The number of nitrogens with zero attached hydrogens (tertiary/aromatic N) is 2. The first-order valence-corrected chi connectivity index (χ1v) is 13.8. The fourth-order valence-corrected chi connectivity index (χ4v) is 6.83. The highest BCUT2D eigenvalue weighted by atomic mass is 32.2. The first kappa shape index (κ1) is 24.2. The molecule has 4 rings (SSSR count). The van der Waals surface area contributed by atoms with Gasteiger partial charge in [-0.1, -0.05) is 6.92 Å². The average molecular weight is 476 g/mol. The van der Waals surface area contributed by atoms with E-state index in [0.29, 0.717) is 24.8 Å². The van der Waals surface area contributed by atoms with Crippen molar-refractivity contribution >= 4 is 27.5 Å². The lowest BCUT2D eigenvalue weighted by atomic mass is 9.81. The normalized spacial score (nSPS) is 26.3. The lowest BCUT2D eigenvalue weighted by Crippen LogP contribution is -2.42. The molecule has 3 aliphatic rings. The van der Waals surface area contributed by atoms with Gasteiger partial charge in [-0.15, -0.1) is 0 Å². The lowest BCUT2D eigenvalue weighted by Gasteiger charge is -2.35. The van der Waals surface area contributed by atoms with Crippen LogP contribution in [0.2, 0.25) is 0 Å². The number of hydrogen-bond donors (Lipinski definition) is 1. The maximum absolute atomic E-state index is 12.9. The Hall–Kier alpha value is -1.93. The number of anilines is 1. The highest BCUT2D eigenvalue weighted by molar-refractivity contribution is 7.89. The summed E-state index contributed by atoms with van der Waals surface area (Å²) in [5.41, 5.74) is 1.70. The number of carbonyl (C=O) groups is 2. The molecule has 182 valence electrons. The van der Waals surface area contributed by atoms with Crippen LogP contribution in [0.3, 0.4) is 0 Å². The zero-order valence-corrected chi connectivity index (χ0v) is 20.9. The smallest absolute Gasteiger partial charge is 0.240 e. The largest absolute Gasteiger partial charge is 0.342 e. The number of piperidine rings is 1. The number of amides is 2. The maximum Gasteiger partial charge on any atom is 0.240 e. The minimum absolute atomic E-state index is 0.0288. The van der Waals surface area contributed by atoms with E-state index >= 15 is 0 Å². The third-order valence-electron chi connectivity index (χ3n) is 7.77. The van der Waals surface area contributed by atoms with E-state index < -0.39 is 10.0 Å². The standard InChI is InChI=1S/C25H37N3O4S/c1-17-10-12-27(13-11-17)25(30)21-6-4-20(5-7-21)16-26-33(31,32)23-8-9-24-22(15-23)14-18(2)28(24)19(3)29/h8-9,15,17-18,20-21,26H,4-7,10-14,16H2,1-3H3/t18-,20?,21?/m1/s1. The van der Waals surface area contributed by atoms with Crippen LogP contribution in [0.15, 0.2) is 23.1 Å². The van der Waals surface area contributed by atoms with Gasteiger partial charge in [-0.3, -0.25) is 9.59 Å². The van der Waals surface area contributed by atoms with Crippen LogP contribution in [0.25, 0.3) is 0 Å². The minimum Gasteiger partial charge on any atom is -0.342 e. The maximum atomic E-state index is 12.9. The minimum atomic E-state index is -3.62. The molecule has 0 aromatic heterocycles. The van der Waals surface area contributed by atoms with E-state index in [0.717, 1.165) is 62.9 Å². The van der Waals surface area contributed by atoms with Crippen LogP contribution in [0, 0.1) is 17.8 Å². The van der Waals surface area contributed by atoms with Crippen molar-refractivity contribution in [3.05, 3.63) is 23.8 Å². The fourth-order valence-electron chi connectivity index (χ4n) is 5.67.